The van der Waals surface area contributed by atoms with Crippen LogP contribution in [0.15, 0.2) is 73.1 Å². The van der Waals surface area contributed by atoms with Gasteiger partial charge < -0.3 is 9.80 Å². The van der Waals surface area contributed by atoms with E-state index in [0.29, 0.717) is 30.1 Å². The summed E-state index contributed by atoms with van der Waals surface area (Å²) in [6, 6.07) is 18.1. The summed E-state index contributed by atoms with van der Waals surface area (Å²) in [6.45, 7) is 0.802. The van der Waals surface area contributed by atoms with Gasteiger partial charge in [-0.1, -0.05) is 54.1 Å². The van der Waals surface area contributed by atoms with Gasteiger partial charge in [0, 0.05) is 39.0 Å². The summed E-state index contributed by atoms with van der Waals surface area (Å²) in [6.07, 6.45) is 3.92. The topological polar surface area (TPSA) is 53.5 Å². The Labute approximate surface area is 180 Å². The molecule has 2 aromatic carbocycles. The molecule has 2 amide bonds. The van der Waals surface area contributed by atoms with Gasteiger partial charge in [-0.25, -0.2) is 0 Å². The molecule has 3 aromatic rings. The van der Waals surface area contributed by atoms with Crippen LogP contribution < -0.4 is 0 Å². The van der Waals surface area contributed by atoms with Gasteiger partial charge in [0.25, 0.3) is 5.91 Å². The smallest absolute Gasteiger partial charge is 0.256 e. The maximum atomic E-state index is 13.4. The molecule has 2 heterocycles. The second-order valence-electron chi connectivity index (χ2n) is 7.46. The van der Waals surface area contributed by atoms with E-state index in [9.17, 15) is 9.59 Å². The largest absolute Gasteiger partial charge is 0.340 e. The monoisotopic (exact) mass is 419 g/mol. The molecule has 4 rings (SSSR count). The highest BCUT2D eigenvalue weighted by Gasteiger charge is 2.36. The molecule has 1 aliphatic rings. The summed E-state index contributed by atoms with van der Waals surface area (Å²) in [4.78, 5) is 34.2. The molecular weight excluding hydrogens is 398 g/mol. The summed E-state index contributed by atoms with van der Waals surface area (Å²) in [5, 5.41) is 0.385. The van der Waals surface area contributed by atoms with Crippen LogP contribution in [0.3, 0.4) is 0 Å². The van der Waals surface area contributed by atoms with Crippen molar-refractivity contribution in [2.45, 2.75) is 25.6 Å². The van der Waals surface area contributed by atoms with Crippen LogP contribution in [0.4, 0.5) is 0 Å². The highest BCUT2D eigenvalue weighted by Crippen LogP contribution is 2.28. The first-order valence-electron chi connectivity index (χ1n) is 9.81. The third-order valence-electron chi connectivity index (χ3n) is 5.42. The molecule has 0 N–H and O–H groups in total. The van der Waals surface area contributed by atoms with Crippen LogP contribution in [0, 0.1) is 0 Å². The Morgan fingerprint density at radius 2 is 1.80 bits per heavy atom. The van der Waals surface area contributed by atoms with Crippen molar-refractivity contribution in [2.24, 2.45) is 0 Å². The molecule has 0 aliphatic carbocycles. The number of fused-ring (bicyclic) bond motifs is 1. The third-order valence-corrected chi connectivity index (χ3v) is 5.75. The summed E-state index contributed by atoms with van der Waals surface area (Å²) in [7, 11) is 1.76. The number of amides is 2. The SMILES string of the molecule is CN(Cc1cccnc1)C(=O)C1Cc2ccccc2CN1C(=O)c1ccccc1Cl. The van der Waals surface area contributed by atoms with E-state index >= 15 is 0 Å². The Morgan fingerprint density at radius 1 is 1.07 bits per heavy atom. The van der Waals surface area contributed by atoms with Gasteiger partial charge in [-0.3, -0.25) is 14.6 Å². The molecule has 152 valence electrons. The molecule has 0 bridgehead atoms. The minimum atomic E-state index is -0.592. The number of pyridine rings is 1. The molecule has 6 heteroatoms. The fourth-order valence-electron chi connectivity index (χ4n) is 3.84. The van der Waals surface area contributed by atoms with Gasteiger partial charge in [0.1, 0.15) is 6.04 Å². The first kappa shape index (κ1) is 20.1. The molecule has 0 fully saturated rings. The first-order valence-corrected chi connectivity index (χ1v) is 10.2. The van der Waals surface area contributed by atoms with Gasteiger partial charge in [0.15, 0.2) is 0 Å². The molecule has 5 nitrogen and oxygen atoms in total. The van der Waals surface area contributed by atoms with Crippen molar-refractivity contribution in [3.8, 4) is 0 Å². The van der Waals surface area contributed by atoms with Gasteiger partial charge in [-0.15, -0.1) is 0 Å². The van der Waals surface area contributed by atoms with Crippen LogP contribution in [0.25, 0.3) is 0 Å². The molecule has 0 radical (unpaired) electrons. The zero-order chi connectivity index (χ0) is 21.1. The number of rotatable bonds is 4. The maximum Gasteiger partial charge on any atom is 0.256 e. The molecule has 0 saturated carbocycles. The maximum absolute atomic E-state index is 13.4. The number of likely N-dealkylation sites (N-methyl/N-ethyl adjacent to an activating group) is 1. The van der Waals surface area contributed by atoms with Gasteiger partial charge in [-0.05, 0) is 34.9 Å². The number of aromatic nitrogens is 1. The fourth-order valence-corrected chi connectivity index (χ4v) is 4.06. The number of halogens is 1. The molecule has 1 aromatic heterocycles. The number of hydrogen-bond acceptors (Lipinski definition) is 3. The van der Waals surface area contributed by atoms with Gasteiger partial charge >= 0.3 is 0 Å². The van der Waals surface area contributed by atoms with Crippen molar-refractivity contribution in [1.82, 2.24) is 14.8 Å². The van der Waals surface area contributed by atoms with Crippen LogP contribution in [-0.4, -0.2) is 39.7 Å². The van der Waals surface area contributed by atoms with E-state index in [0.717, 1.165) is 16.7 Å². The predicted octanol–water partition coefficient (Wildman–Crippen LogP) is 3.96. The van der Waals surface area contributed by atoms with Crippen LogP contribution in [0.2, 0.25) is 5.02 Å². The Balaban J connectivity index is 1.65. The van der Waals surface area contributed by atoms with Crippen molar-refractivity contribution in [2.75, 3.05) is 7.05 Å². The Hall–Kier alpha value is -3.18. The zero-order valence-corrected chi connectivity index (χ0v) is 17.4. The molecule has 1 unspecified atom stereocenters. The summed E-state index contributed by atoms with van der Waals surface area (Å²) in [5.74, 6) is -0.336. The first-order chi connectivity index (χ1) is 14.5. The third kappa shape index (κ3) is 4.07. The number of carbonyl (C=O) groups excluding carboxylic acids is 2. The van der Waals surface area contributed by atoms with E-state index < -0.39 is 6.04 Å². The summed E-state index contributed by atoms with van der Waals surface area (Å²) in [5.41, 5.74) is 3.49. The quantitative estimate of drug-likeness (QED) is 0.643. The number of hydrogen-bond donors (Lipinski definition) is 0. The van der Waals surface area contributed by atoms with E-state index in [-0.39, 0.29) is 11.8 Å². The summed E-state index contributed by atoms with van der Waals surface area (Å²) < 4.78 is 0. The second-order valence-corrected chi connectivity index (χ2v) is 7.86. The second kappa shape index (κ2) is 8.67. The molecule has 1 atom stereocenters. The van der Waals surface area contributed by atoms with E-state index in [1.807, 2.05) is 36.4 Å². The molecule has 0 saturated heterocycles. The van der Waals surface area contributed by atoms with Crippen LogP contribution >= 0.6 is 11.6 Å². The molecule has 0 spiro atoms. The van der Waals surface area contributed by atoms with Crippen molar-refractivity contribution >= 4 is 23.4 Å². The van der Waals surface area contributed by atoms with Gasteiger partial charge in [0.2, 0.25) is 5.91 Å². The Kier molecular flexibility index (Phi) is 5.81. The minimum absolute atomic E-state index is 0.103. The average Bonchev–Trinajstić information content (AvgIpc) is 2.78. The highest BCUT2D eigenvalue weighted by molar-refractivity contribution is 6.33. The molecule has 1 aliphatic heterocycles. The Morgan fingerprint density at radius 3 is 2.53 bits per heavy atom. The number of carbonyl (C=O) groups is 2. The van der Waals surface area contributed by atoms with Crippen molar-refractivity contribution in [1.29, 1.82) is 0 Å². The normalized spacial score (nSPS) is 15.4. The lowest BCUT2D eigenvalue weighted by atomic mass is 9.92. The van der Waals surface area contributed by atoms with Crippen LogP contribution in [-0.2, 0) is 24.3 Å². The fraction of sp³-hybridized carbons (Fsp3) is 0.208. The van der Waals surface area contributed by atoms with Crippen molar-refractivity contribution < 1.29 is 9.59 Å². The molecule has 30 heavy (non-hydrogen) atoms. The molecular formula is C24H22ClN3O2. The van der Waals surface area contributed by atoms with E-state index in [1.54, 1.807) is 53.5 Å². The lowest BCUT2D eigenvalue weighted by molar-refractivity contribution is -0.135. The van der Waals surface area contributed by atoms with Crippen LogP contribution in [0.1, 0.15) is 27.0 Å². The standard InChI is InChI=1S/C24H22ClN3O2/c1-27(15-17-7-6-12-26-14-17)24(30)22-13-18-8-2-3-9-19(18)16-28(22)23(29)20-10-4-5-11-21(20)25/h2-12,14,22H,13,15-16H2,1H3. The van der Waals surface area contributed by atoms with Gasteiger partial charge in [-0.2, -0.15) is 0 Å². The number of nitrogens with zero attached hydrogens (tertiary/aromatic N) is 3. The average molecular weight is 420 g/mol. The highest BCUT2D eigenvalue weighted by atomic mass is 35.5. The summed E-state index contributed by atoms with van der Waals surface area (Å²) >= 11 is 6.29. The van der Waals surface area contributed by atoms with E-state index in [4.69, 9.17) is 11.6 Å². The van der Waals surface area contributed by atoms with E-state index in [2.05, 4.69) is 4.98 Å². The zero-order valence-electron chi connectivity index (χ0n) is 16.7. The van der Waals surface area contributed by atoms with Crippen molar-refractivity contribution in [3.63, 3.8) is 0 Å². The minimum Gasteiger partial charge on any atom is -0.340 e. The van der Waals surface area contributed by atoms with Gasteiger partial charge in [0.05, 0.1) is 10.6 Å². The van der Waals surface area contributed by atoms with Crippen molar-refractivity contribution in [3.05, 3.63) is 100 Å². The lowest BCUT2D eigenvalue weighted by Crippen LogP contribution is -2.52. The van der Waals surface area contributed by atoms with Crippen LogP contribution in [0.5, 0.6) is 0 Å². The predicted molar refractivity (Wildman–Crippen MR) is 116 cm³/mol. The van der Waals surface area contributed by atoms with E-state index in [1.165, 1.54) is 0 Å². The number of benzene rings is 2. The Bertz CT molecular complexity index is 1070. The lowest BCUT2D eigenvalue weighted by Gasteiger charge is -2.38.